The Morgan fingerprint density at radius 3 is 2.43 bits per heavy atom. The first kappa shape index (κ1) is 13.2. The van der Waals surface area contributed by atoms with Crippen molar-refractivity contribution >= 4 is 5.97 Å². The lowest BCUT2D eigenvalue weighted by molar-refractivity contribution is -0.140. The molecule has 2 atom stereocenters. The van der Waals surface area contributed by atoms with E-state index in [4.69, 9.17) is 5.11 Å². The van der Waals surface area contributed by atoms with E-state index in [1.165, 1.54) is 0 Å². The molecule has 3 nitrogen and oxygen atoms in total. The van der Waals surface area contributed by atoms with Gasteiger partial charge in [-0.25, -0.2) is 0 Å². The average molecular weight is 200 g/mol. The number of hydrogen-bond donors (Lipinski definition) is 2. The van der Waals surface area contributed by atoms with Gasteiger partial charge >= 0.3 is 5.97 Å². The van der Waals surface area contributed by atoms with E-state index in [1.807, 2.05) is 0 Å². The molecule has 0 aliphatic rings. The van der Waals surface area contributed by atoms with E-state index in [0.717, 1.165) is 6.42 Å². The summed E-state index contributed by atoms with van der Waals surface area (Å²) in [5.74, 6) is -0.470. The molecule has 0 amide bonds. The number of rotatable bonds is 7. The highest BCUT2D eigenvalue weighted by Gasteiger charge is 2.21. The summed E-state index contributed by atoms with van der Waals surface area (Å²) in [4.78, 5) is 10.4. The first-order valence-electron chi connectivity index (χ1n) is 4.98. The van der Waals surface area contributed by atoms with Crippen LogP contribution in [0.2, 0.25) is 0 Å². The van der Waals surface area contributed by atoms with Crippen molar-refractivity contribution in [2.75, 3.05) is 0 Å². The molecule has 0 aliphatic carbocycles. The number of aliphatic hydroxyl groups excluding tert-OH is 1. The molecule has 2 unspecified atom stereocenters. The van der Waals surface area contributed by atoms with Gasteiger partial charge in [0, 0.05) is 0 Å². The van der Waals surface area contributed by atoms with Gasteiger partial charge in [0.25, 0.3) is 0 Å². The van der Waals surface area contributed by atoms with Gasteiger partial charge in [-0.1, -0.05) is 19.9 Å². The van der Waals surface area contributed by atoms with Gasteiger partial charge in [-0.2, -0.15) is 0 Å². The van der Waals surface area contributed by atoms with Gasteiger partial charge in [-0.15, -0.1) is 6.58 Å². The van der Waals surface area contributed by atoms with Crippen molar-refractivity contribution in [3.05, 3.63) is 12.7 Å². The van der Waals surface area contributed by atoms with Gasteiger partial charge in [-0.05, 0) is 24.7 Å². The lowest BCUT2D eigenvalue weighted by atomic mass is 9.88. The van der Waals surface area contributed by atoms with Crippen molar-refractivity contribution in [2.24, 2.45) is 11.8 Å². The summed E-state index contributed by atoms with van der Waals surface area (Å²) < 4.78 is 0. The second-order valence-corrected chi connectivity index (χ2v) is 4.08. The van der Waals surface area contributed by atoms with Gasteiger partial charge in [0.1, 0.15) is 0 Å². The Kier molecular flexibility index (Phi) is 6.21. The van der Waals surface area contributed by atoms with E-state index in [2.05, 4.69) is 20.4 Å². The normalized spacial score (nSPS) is 15.1. The number of carboxylic acids is 1. The third-order valence-electron chi connectivity index (χ3n) is 2.17. The molecule has 0 fully saturated rings. The predicted octanol–water partition coefficient (Wildman–Crippen LogP) is 2.06. The number of carbonyl (C=O) groups is 1. The summed E-state index contributed by atoms with van der Waals surface area (Å²) in [6.45, 7) is 7.73. The van der Waals surface area contributed by atoms with Crippen LogP contribution in [0, 0.1) is 11.8 Å². The highest BCUT2D eigenvalue weighted by molar-refractivity contribution is 5.67. The lowest BCUT2D eigenvalue weighted by Crippen LogP contribution is -2.24. The number of aliphatic hydroxyl groups is 1. The van der Waals surface area contributed by atoms with E-state index < -0.39 is 12.1 Å². The van der Waals surface area contributed by atoms with Crippen molar-refractivity contribution < 1.29 is 15.0 Å². The van der Waals surface area contributed by atoms with Crippen LogP contribution in [-0.2, 0) is 4.79 Å². The second-order valence-electron chi connectivity index (χ2n) is 4.08. The van der Waals surface area contributed by atoms with E-state index in [9.17, 15) is 9.90 Å². The first-order chi connectivity index (χ1) is 6.47. The summed E-state index contributed by atoms with van der Waals surface area (Å²) in [6, 6.07) is 0. The standard InChI is InChI=1S/C11H20O3/c1-4-5-9(6-8(2)3)10(12)7-11(13)14/h4,8-10,12H,1,5-7H2,2-3H3,(H,13,14). The van der Waals surface area contributed by atoms with Crippen molar-refractivity contribution in [2.45, 2.75) is 39.2 Å². The molecule has 3 heteroatoms. The summed E-state index contributed by atoms with van der Waals surface area (Å²) in [6.07, 6.45) is 2.31. The van der Waals surface area contributed by atoms with Crippen molar-refractivity contribution in [1.82, 2.24) is 0 Å². The van der Waals surface area contributed by atoms with Gasteiger partial charge in [0.2, 0.25) is 0 Å². The minimum absolute atomic E-state index is 0.0172. The molecule has 14 heavy (non-hydrogen) atoms. The largest absolute Gasteiger partial charge is 0.481 e. The predicted molar refractivity (Wildman–Crippen MR) is 56.0 cm³/mol. The molecule has 0 rings (SSSR count). The quantitative estimate of drug-likeness (QED) is 0.618. The van der Waals surface area contributed by atoms with Gasteiger partial charge in [-0.3, -0.25) is 4.79 Å². The maximum absolute atomic E-state index is 10.4. The molecule has 0 saturated carbocycles. The van der Waals surface area contributed by atoms with E-state index in [0.29, 0.717) is 12.3 Å². The fourth-order valence-corrected chi connectivity index (χ4v) is 1.58. The van der Waals surface area contributed by atoms with Gasteiger partial charge < -0.3 is 10.2 Å². The monoisotopic (exact) mass is 200 g/mol. The zero-order chi connectivity index (χ0) is 11.1. The minimum Gasteiger partial charge on any atom is -0.481 e. The highest BCUT2D eigenvalue weighted by atomic mass is 16.4. The smallest absolute Gasteiger partial charge is 0.305 e. The molecule has 2 N–H and O–H groups in total. The Balaban J connectivity index is 4.16. The van der Waals surface area contributed by atoms with Crippen LogP contribution in [0.1, 0.15) is 33.1 Å². The molecule has 0 aromatic heterocycles. The van der Waals surface area contributed by atoms with Crippen molar-refractivity contribution in [3.8, 4) is 0 Å². The topological polar surface area (TPSA) is 57.5 Å². The maximum atomic E-state index is 10.4. The maximum Gasteiger partial charge on any atom is 0.305 e. The lowest BCUT2D eigenvalue weighted by Gasteiger charge is -2.22. The molecule has 0 aliphatic heterocycles. The molecular formula is C11H20O3. The molecule has 0 heterocycles. The van der Waals surface area contributed by atoms with Crippen LogP contribution >= 0.6 is 0 Å². The van der Waals surface area contributed by atoms with E-state index >= 15 is 0 Å². The Morgan fingerprint density at radius 2 is 2.07 bits per heavy atom. The minimum atomic E-state index is -0.949. The third kappa shape index (κ3) is 5.75. The molecule has 0 saturated heterocycles. The van der Waals surface area contributed by atoms with Crippen LogP contribution in [0.3, 0.4) is 0 Å². The van der Waals surface area contributed by atoms with Crippen LogP contribution in [0.15, 0.2) is 12.7 Å². The van der Waals surface area contributed by atoms with Gasteiger partial charge in [0.15, 0.2) is 0 Å². The molecule has 0 aromatic carbocycles. The Bertz CT molecular complexity index is 187. The Hall–Kier alpha value is -0.830. The molecular weight excluding hydrogens is 180 g/mol. The van der Waals surface area contributed by atoms with Crippen LogP contribution in [-0.4, -0.2) is 22.3 Å². The number of aliphatic carboxylic acids is 1. The summed E-state index contributed by atoms with van der Waals surface area (Å²) in [5, 5.41) is 18.2. The second kappa shape index (κ2) is 6.60. The summed E-state index contributed by atoms with van der Waals surface area (Å²) >= 11 is 0. The Morgan fingerprint density at radius 1 is 1.50 bits per heavy atom. The number of hydrogen-bond acceptors (Lipinski definition) is 2. The van der Waals surface area contributed by atoms with Crippen molar-refractivity contribution in [3.63, 3.8) is 0 Å². The fraction of sp³-hybridized carbons (Fsp3) is 0.727. The number of carboxylic acid groups (broad SMARTS) is 1. The highest BCUT2D eigenvalue weighted by Crippen LogP contribution is 2.21. The Labute approximate surface area is 85.4 Å². The summed E-state index contributed by atoms with van der Waals surface area (Å²) in [7, 11) is 0. The fourth-order valence-electron chi connectivity index (χ4n) is 1.58. The van der Waals surface area contributed by atoms with Crippen LogP contribution < -0.4 is 0 Å². The third-order valence-corrected chi connectivity index (χ3v) is 2.17. The molecule has 82 valence electrons. The average Bonchev–Trinajstić information content (AvgIpc) is 2.01. The number of allylic oxidation sites excluding steroid dienone is 1. The van der Waals surface area contributed by atoms with Gasteiger partial charge in [0.05, 0.1) is 12.5 Å². The van der Waals surface area contributed by atoms with Crippen molar-refractivity contribution in [1.29, 1.82) is 0 Å². The van der Waals surface area contributed by atoms with E-state index in [-0.39, 0.29) is 12.3 Å². The summed E-state index contributed by atoms with van der Waals surface area (Å²) in [5.41, 5.74) is 0. The molecule has 0 radical (unpaired) electrons. The molecule has 0 bridgehead atoms. The van der Waals surface area contributed by atoms with Crippen LogP contribution in [0.25, 0.3) is 0 Å². The zero-order valence-corrected chi connectivity index (χ0v) is 8.94. The zero-order valence-electron chi connectivity index (χ0n) is 8.94. The first-order valence-corrected chi connectivity index (χ1v) is 4.98. The SMILES string of the molecule is C=CCC(CC(C)C)C(O)CC(=O)O. The van der Waals surface area contributed by atoms with E-state index in [1.54, 1.807) is 6.08 Å². The van der Waals surface area contributed by atoms with Crippen LogP contribution in [0.4, 0.5) is 0 Å². The van der Waals surface area contributed by atoms with Crippen LogP contribution in [0.5, 0.6) is 0 Å². The molecule has 0 aromatic rings. The molecule has 0 spiro atoms.